The van der Waals surface area contributed by atoms with Crippen LogP contribution in [-0.4, -0.2) is 16.0 Å². The van der Waals surface area contributed by atoms with E-state index in [1.54, 1.807) is 23.1 Å². The van der Waals surface area contributed by atoms with Gasteiger partial charge in [-0.25, -0.2) is 0 Å². The van der Waals surface area contributed by atoms with Crippen molar-refractivity contribution in [2.75, 3.05) is 5.75 Å². The number of unbranched alkanes of at least 4 members (excludes halogenated alkanes) is 2. The van der Waals surface area contributed by atoms with Crippen molar-refractivity contribution in [1.82, 2.24) is 10.2 Å². The molecule has 2 nitrogen and oxygen atoms in total. The summed E-state index contributed by atoms with van der Waals surface area (Å²) < 4.78 is 1.94. The number of halogens is 1. The molecule has 68 valence electrons. The molecule has 0 fully saturated rings. The molecule has 12 heavy (non-hydrogen) atoms. The highest BCUT2D eigenvalue weighted by Crippen LogP contribution is 2.26. The second-order valence-corrected chi connectivity index (χ2v) is 5.97. The molecule has 0 aliphatic carbocycles. The highest BCUT2D eigenvalue weighted by atomic mass is 79.9. The van der Waals surface area contributed by atoms with Crippen molar-refractivity contribution in [3.8, 4) is 0 Å². The van der Waals surface area contributed by atoms with E-state index in [0.717, 1.165) is 14.0 Å². The van der Waals surface area contributed by atoms with Crippen molar-refractivity contribution in [2.45, 2.75) is 30.5 Å². The van der Waals surface area contributed by atoms with Gasteiger partial charge in [0.15, 0.2) is 8.26 Å². The quantitative estimate of drug-likeness (QED) is 0.602. The van der Waals surface area contributed by atoms with Crippen molar-refractivity contribution in [3.63, 3.8) is 0 Å². The van der Waals surface area contributed by atoms with E-state index in [2.05, 4.69) is 33.1 Å². The lowest BCUT2D eigenvalue weighted by molar-refractivity contribution is 0.778. The van der Waals surface area contributed by atoms with Crippen molar-refractivity contribution in [2.24, 2.45) is 0 Å². The largest absolute Gasteiger partial charge is 0.184 e. The summed E-state index contributed by atoms with van der Waals surface area (Å²) >= 11 is 6.69. The molecule has 0 aliphatic rings. The predicted octanol–water partition coefficient (Wildman–Crippen LogP) is 3.58. The van der Waals surface area contributed by atoms with Gasteiger partial charge >= 0.3 is 0 Å². The van der Waals surface area contributed by atoms with Gasteiger partial charge in [0, 0.05) is 5.75 Å². The van der Waals surface area contributed by atoms with Gasteiger partial charge in [0.1, 0.15) is 0 Å². The number of thioether (sulfide) groups is 1. The Labute approximate surface area is 89.3 Å². The zero-order valence-corrected chi connectivity index (χ0v) is 10.1. The van der Waals surface area contributed by atoms with Gasteiger partial charge in [-0.05, 0) is 22.4 Å². The van der Waals surface area contributed by atoms with E-state index >= 15 is 0 Å². The second-order valence-electron chi connectivity index (χ2n) is 2.38. The van der Waals surface area contributed by atoms with Crippen LogP contribution in [0.25, 0.3) is 0 Å². The van der Waals surface area contributed by atoms with Gasteiger partial charge in [-0.15, -0.1) is 10.2 Å². The Balaban J connectivity index is 2.15. The zero-order valence-electron chi connectivity index (χ0n) is 6.92. The third-order valence-corrected chi connectivity index (χ3v) is 3.93. The molecule has 5 heteroatoms. The molecule has 0 N–H and O–H groups in total. The fourth-order valence-corrected chi connectivity index (χ4v) is 3.28. The van der Waals surface area contributed by atoms with Crippen molar-refractivity contribution >= 4 is 39.0 Å². The first-order valence-electron chi connectivity index (χ1n) is 3.94. The summed E-state index contributed by atoms with van der Waals surface area (Å²) in [6, 6.07) is 0. The fraction of sp³-hybridized carbons (Fsp3) is 0.714. The highest BCUT2D eigenvalue weighted by Gasteiger charge is 2.00. The smallest absolute Gasteiger partial charge is 0.131 e. The normalized spacial score (nSPS) is 10.5. The molecule has 0 bridgehead atoms. The summed E-state index contributed by atoms with van der Waals surface area (Å²) in [4.78, 5) is 0. The molecule has 0 radical (unpaired) electrons. The van der Waals surface area contributed by atoms with Crippen LogP contribution in [0.15, 0.2) is 8.26 Å². The van der Waals surface area contributed by atoms with Gasteiger partial charge in [0.2, 0.25) is 0 Å². The maximum Gasteiger partial charge on any atom is 0.184 e. The Morgan fingerprint density at radius 2 is 2.25 bits per heavy atom. The third kappa shape index (κ3) is 3.87. The molecule has 1 aromatic rings. The first kappa shape index (κ1) is 10.5. The summed E-state index contributed by atoms with van der Waals surface area (Å²) in [5.74, 6) is 1.16. The minimum Gasteiger partial charge on any atom is -0.131 e. The summed E-state index contributed by atoms with van der Waals surface area (Å²) in [5.41, 5.74) is 0. The molecular formula is C7H11BrN2S2. The first-order chi connectivity index (χ1) is 5.83. The molecule has 1 aromatic heterocycles. The Kier molecular flexibility index (Phi) is 5.18. The van der Waals surface area contributed by atoms with E-state index in [1.165, 1.54) is 19.3 Å². The standard InChI is InChI=1S/C7H11BrN2S2/c1-2-3-4-5-11-7-10-9-6(8)12-7/h2-5H2,1H3. The van der Waals surface area contributed by atoms with E-state index in [1.807, 2.05) is 0 Å². The van der Waals surface area contributed by atoms with E-state index in [0.29, 0.717) is 0 Å². The van der Waals surface area contributed by atoms with Crippen LogP contribution in [0.4, 0.5) is 0 Å². The Bertz CT molecular complexity index is 227. The van der Waals surface area contributed by atoms with Gasteiger partial charge in [-0.1, -0.05) is 42.9 Å². The maximum atomic E-state index is 4.00. The minimum atomic E-state index is 0.875. The van der Waals surface area contributed by atoms with Crippen LogP contribution in [0.2, 0.25) is 0 Å². The van der Waals surface area contributed by atoms with E-state index in [9.17, 15) is 0 Å². The Hall–Kier alpha value is 0.390. The van der Waals surface area contributed by atoms with Crippen molar-refractivity contribution < 1.29 is 0 Å². The molecular weight excluding hydrogens is 256 g/mol. The van der Waals surface area contributed by atoms with Gasteiger partial charge in [0.25, 0.3) is 0 Å². The number of hydrogen-bond acceptors (Lipinski definition) is 4. The van der Waals surface area contributed by atoms with Gasteiger partial charge in [-0.2, -0.15) is 0 Å². The van der Waals surface area contributed by atoms with Crippen LogP contribution in [0.3, 0.4) is 0 Å². The highest BCUT2D eigenvalue weighted by molar-refractivity contribution is 9.11. The van der Waals surface area contributed by atoms with Crippen LogP contribution in [-0.2, 0) is 0 Å². The van der Waals surface area contributed by atoms with Crippen molar-refractivity contribution in [3.05, 3.63) is 3.92 Å². The number of nitrogens with zero attached hydrogens (tertiary/aromatic N) is 2. The second kappa shape index (κ2) is 5.94. The lowest BCUT2D eigenvalue weighted by Gasteiger charge is -1.94. The zero-order chi connectivity index (χ0) is 8.81. The fourth-order valence-electron chi connectivity index (χ4n) is 0.763. The average Bonchev–Trinajstić information content (AvgIpc) is 2.45. The molecule has 0 amide bonds. The van der Waals surface area contributed by atoms with Gasteiger partial charge in [-0.3, -0.25) is 0 Å². The van der Waals surface area contributed by atoms with Crippen LogP contribution >= 0.6 is 39.0 Å². The van der Waals surface area contributed by atoms with Crippen LogP contribution < -0.4 is 0 Å². The monoisotopic (exact) mass is 266 g/mol. The Morgan fingerprint density at radius 3 is 2.83 bits per heavy atom. The SMILES string of the molecule is CCCCCSc1nnc(Br)s1. The molecule has 0 aliphatic heterocycles. The summed E-state index contributed by atoms with van der Waals surface area (Å²) in [7, 11) is 0. The van der Waals surface area contributed by atoms with Gasteiger partial charge < -0.3 is 0 Å². The summed E-state index contributed by atoms with van der Waals surface area (Å²) in [5, 5.41) is 7.88. The van der Waals surface area contributed by atoms with Crippen molar-refractivity contribution in [1.29, 1.82) is 0 Å². The van der Waals surface area contributed by atoms with Gasteiger partial charge in [0.05, 0.1) is 0 Å². The van der Waals surface area contributed by atoms with E-state index in [4.69, 9.17) is 0 Å². The predicted molar refractivity (Wildman–Crippen MR) is 57.9 cm³/mol. The first-order valence-corrected chi connectivity index (χ1v) is 6.54. The van der Waals surface area contributed by atoms with Crippen LogP contribution in [0, 0.1) is 0 Å². The lowest BCUT2D eigenvalue weighted by Crippen LogP contribution is -1.79. The molecule has 1 heterocycles. The molecule has 0 aromatic carbocycles. The average molecular weight is 267 g/mol. The van der Waals surface area contributed by atoms with E-state index < -0.39 is 0 Å². The number of aromatic nitrogens is 2. The minimum absolute atomic E-state index is 0.875. The number of hydrogen-bond donors (Lipinski definition) is 0. The number of rotatable bonds is 5. The topological polar surface area (TPSA) is 25.8 Å². The van der Waals surface area contributed by atoms with Crippen LogP contribution in [0.5, 0.6) is 0 Å². The van der Waals surface area contributed by atoms with E-state index in [-0.39, 0.29) is 0 Å². The molecule has 0 unspecified atom stereocenters. The maximum absolute atomic E-state index is 4.00. The molecule has 0 atom stereocenters. The summed E-state index contributed by atoms with van der Waals surface area (Å²) in [6.07, 6.45) is 3.87. The lowest BCUT2D eigenvalue weighted by atomic mass is 10.3. The molecule has 0 spiro atoms. The van der Waals surface area contributed by atoms with Crippen LogP contribution in [0.1, 0.15) is 26.2 Å². The Morgan fingerprint density at radius 1 is 1.42 bits per heavy atom. The molecule has 1 rings (SSSR count). The third-order valence-electron chi connectivity index (χ3n) is 1.36. The molecule has 0 saturated carbocycles. The summed E-state index contributed by atoms with van der Waals surface area (Å²) in [6.45, 7) is 2.21. The molecule has 0 saturated heterocycles.